The van der Waals surface area contributed by atoms with Gasteiger partial charge in [0.25, 0.3) is 5.56 Å². The molecule has 0 unspecified atom stereocenters. The summed E-state index contributed by atoms with van der Waals surface area (Å²) < 4.78 is 6.24. The molecule has 0 aromatic carbocycles. The molecule has 0 saturated heterocycles. The third-order valence-corrected chi connectivity index (χ3v) is 4.63. The lowest BCUT2D eigenvalue weighted by molar-refractivity contribution is 0.0519. The summed E-state index contributed by atoms with van der Waals surface area (Å²) in [5.41, 5.74) is 1.34. The second-order valence-electron chi connectivity index (χ2n) is 6.50. The highest BCUT2D eigenvalue weighted by Crippen LogP contribution is 2.30. The third kappa shape index (κ3) is 3.46. The van der Waals surface area contributed by atoms with Crippen molar-refractivity contribution in [1.82, 2.24) is 14.6 Å². The summed E-state index contributed by atoms with van der Waals surface area (Å²) >= 11 is 0. The minimum absolute atomic E-state index is 0.190. The summed E-state index contributed by atoms with van der Waals surface area (Å²) in [6, 6.07) is 3.14. The maximum atomic E-state index is 12.2. The number of ether oxygens (including phenoxy) is 1. The van der Waals surface area contributed by atoms with E-state index in [0.29, 0.717) is 18.2 Å². The average molecular weight is 317 g/mol. The van der Waals surface area contributed by atoms with Crippen molar-refractivity contribution in [2.45, 2.75) is 46.0 Å². The van der Waals surface area contributed by atoms with E-state index in [4.69, 9.17) is 4.74 Å². The van der Waals surface area contributed by atoms with Crippen LogP contribution in [-0.2, 0) is 11.2 Å². The van der Waals surface area contributed by atoms with Crippen LogP contribution in [0.4, 0.5) is 0 Å². The standard InChI is InChI=1S/C17H23N3O3/c1-3-23-17(22)14-10-15-18-13(9-16(21)20(15)19-14)8-12-6-4-11(2)5-7-12/h9-12,19H,3-8H2,1-2H3. The number of carbonyl (C=O) groups is 1. The first-order valence-corrected chi connectivity index (χ1v) is 8.35. The number of fused-ring (bicyclic) bond motifs is 1. The highest BCUT2D eigenvalue weighted by atomic mass is 16.5. The highest BCUT2D eigenvalue weighted by molar-refractivity contribution is 5.88. The third-order valence-electron chi connectivity index (χ3n) is 4.63. The molecule has 0 spiro atoms. The maximum absolute atomic E-state index is 12.2. The van der Waals surface area contributed by atoms with Crippen LogP contribution in [-0.4, -0.2) is 27.2 Å². The van der Waals surface area contributed by atoms with Crippen molar-refractivity contribution in [2.75, 3.05) is 6.61 Å². The number of carbonyl (C=O) groups excluding carboxylic acids is 1. The van der Waals surface area contributed by atoms with Gasteiger partial charge >= 0.3 is 5.97 Å². The smallest absolute Gasteiger partial charge is 0.356 e. The van der Waals surface area contributed by atoms with Gasteiger partial charge in [-0.3, -0.25) is 9.89 Å². The van der Waals surface area contributed by atoms with Crippen LogP contribution in [0.2, 0.25) is 0 Å². The van der Waals surface area contributed by atoms with Crippen molar-refractivity contribution in [3.05, 3.63) is 33.9 Å². The Kier molecular flexibility index (Phi) is 4.50. The lowest BCUT2D eigenvalue weighted by atomic mass is 9.81. The molecule has 2 aromatic heterocycles. The molecule has 0 aliphatic heterocycles. The van der Waals surface area contributed by atoms with Crippen LogP contribution in [0.15, 0.2) is 16.9 Å². The van der Waals surface area contributed by atoms with Crippen LogP contribution in [0.5, 0.6) is 0 Å². The van der Waals surface area contributed by atoms with Gasteiger partial charge in [0, 0.05) is 17.8 Å². The summed E-state index contributed by atoms with van der Waals surface area (Å²) in [7, 11) is 0. The predicted molar refractivity (Wildman–Crippen MR) is 86.6 cm³/mol. The monoisotopic (exact) mass is 317 g/mol. The van der Waals surface area contributed by atoms with Gasteiger partial charge in [0.05, 0.1) is 6.61 Å². The maximum Gasteiger partial charge on any atom is 0.356 e. The molecular weight excluding hydrogens is 294 g/mol. The lowest BCUT2D eigenvalue weighted by Crippen LogP contribution is -2.19. The van der Waals surface area contributed by atoms with Crippen LogP contribution in [0.25, 0.3) is 5.65 Å². The van der Waals surface area contributed by atoms with Crippen molar-refractivity contribution < 1.29 is 9.53 Å². The molecule has 0 radical (unpaired) electrons. The second-order valence-corrected chi connectivity index (χ2v) is 6.50. The summed E-state index contributed by atoms with van der Waals surface area (Å²) in [6.45, 7) is 4.33. The van der Waals surface area contributed by atoms with Crippen molar-refractivity contribution in [3.63, 3.8) is 0 Å². The lowest BCUT2D eigenvalue weighted by Gasteiger charge is -2.25. The molecular formula is C17H23N3O3. The zero-order valence-electron chi connectivity index (χ0n) is 13.7. The van der Waals surface area contributed by atoms with E-state index in [1.807, 2.05) is 0 Å². The molecule has 1 N–H and O–H groups in total. The second kappa shape index (κ2) is 6.56. The molecule has 2 aromatic rings. The first kappa shape index (κ1) is 15.8. The number of H-pyrrole nitrogens is 1. The number of nitrogens with one attached hydrogen (secondary N) is 1. The van der Waals surface area contributed by atoms with Gasteiger partial charge in [0.2, 0.25) is 0 Å². The molecule has 2 heterocycles. The van der Waals surface area contributed by atoms with E-state index >= 15 is 0 Å². The van der Waals surface area contributed by atoms with Crippen LogP contribution < -0.4 is 5.56 Å². The average Bonchev–Trinajstić information content (AvgIpc) is 2.95. The van der Waals surface area contributed by atoms with Gasteiger partial charge in [0.15, 0.2) is 5.65 Å². The minimum atomic E-state index is -0.472. The Labute approximate surface area is 134 Å². The first-order valence-electron chi connectivity index (χ1n) is 8.35. The Balaban J connectivity index is 1.82. The van der Waals surface area contributed by atoms with Gasteiger partial charge in [-0.15, -0.1) is 0 Å². The van der Waals surface area contributed by atoms with Gasteiger partial charge in [-0.1, -0.05) is 19.8 Å². The van der Waals surface area contributed by atoms with Gasteiger partial charge < -0.3 is 4.74 Å². The molecule has 6 nitrogen and oxygen atoms in total. The number of hydrogen-bond acceptors (Lipinski definition) is 4. The quantitative estimate of drug-likeness (QED) is 0.879. The molecule has 124 valence electrons. The van der Waals surface area contributed by atoms with Crippen molar-refractivity contribution >= 4 is 11.6 Å². The van der Waals surface area contributed by atoms with E-state index in [-0.39, 0.29) is 11.3 Å². The van der Waals surface area contributed by atoms with Crippen LogP contribution in [0.1, 0.15) is 55.7 Å². The number of hydrogen-bond donors (Lipinski definition) is 1. The number of aromatic amines is 1. The minimum Gasteiger partial charge on any atom is -0.461 e. The van der Waals surface area contributed by atoms with Crippen molar-refractivity contribution in [3.8, 4) is 0 Å². The van der Waals surface area contributed by atoms with E-state index in [1.165, 1.54) is 30.2 Å². The van der Waals surface area contributed by atoms with E-state index in [1.54, 1.807) is 19.1 Å². The Morgan fingerprint density at radius 2 is 2.09 bits per heavy atom. The molecule has 1 saturated carbocycles. The summed E-state index contributed by atoms with van der Waals surface area (Å²) in [4.78, 5) is 28.5. The Bertz CT molecular complexity index is 754. The molecule has 3 rings (SSSR count). The molecule has 1 aliphatic rings. The molecule has 6 heteroatoms. The van der Waals surface area contributed by atoms with Gasteiger partial charge in [-0.05, 0) is 38.0 Å². The van der Waals surface area contributed by atoms with E-state index in [0.717, 1.165) is 18.0 Å². The van der Waals surface area contributed by atoms with E-state index in [9.17, 15) is 9.59 Å². The number of esters is 1. The first-order chi connectivity index (χ1) is 11.1. The molecule has 1 fully saturated rings. The fraction of sp³-hybridized carbons (Fsp3) is 0.588. The van der Waals surface area contributed by atoms with Crippen LogP contribution >= 0.6 is 0 Å². The molecule has 23 heavy (non-hydrogen) atoms. The molecule has 1 aliphatic carbocycles. The number of rotatable bonds is 4. The zero-order chi connectivity index (χ0) is 16.4. The van der Waals surface area contributed by atoms with Crippen molar-refractivity contribution in [1.29, 1.82) is 0 Å². The van der Waals surface area contributed by atoms with Gasteiger partial charge in [-0.25, -0.2) is 14.3 Å². The summed E-state index contributed by atoms with van der Waals surface area (Å²) in [6.07, 6.45) is 5.73. The van der Waals surface area contributed by atoms with E-state index < -0.39 is 5.97 Å². The number of aromatic nitrogens is 3. The predicted octanol–water partition coefficient (Wildman–Crippen LogP) is 2.57. The highest BCUT2D eigenvalue weighted by Gasteiger charge is 2.20. The van der Waals surface area contributed by atoms with Crippen LogP contribution in [0.3, 0.4) is 0 Å². The Hall–Kier alpha value is -2.11. The van der Waals surface area contributed by atoms with Crippen molar-refractivity contribution in [2.24, 2.45) is 11.8 Å². The summed E-state index contributed by atoms with van der Waals surface area (Å²) in [5.74, 6) is 0.938. The van der Waals surface area contributed by atoms with Crippen LogP contribution in [0, 0.1) is 11.8 Å². The fourth-order valence-corrected chi connectivity index (χ4v) is 3.29. The largest absolute Gasteiger partial charge is 0.461 e. The zero-order valence-corrected chi connectivity index (χ0v) is 13.7. The Morgan fingerprint density at radius 1 is 1.35 bits per heavy atom. The van der Waals surface area contributed by atoms with E-state index in [2.05, 4.69) is 17.0 Å². The topological polar surface area (TPSA) is 76.5 Å². The SMILES string of the molecule is CCOC(=O)c1cc2nc(CC3CCC(C)CC3)cc(=O)n2[nH]1. The molecule has 0 atom stereocenters. The normalized spacial score (nSPS) is 21.5. The number of nitrogens with zero attached hydrogens (tertiary/aromatic N) is 2. The van der Waals surface area contributed by atoms with Gasteiger partial charge in [-0.2, -0.15) is 0 Å². The molecule has 0 bridgehead atoms. The fourth-order valence-electron chi connectivity index (χ4n) is 3.29. The summed E-state index contributed by atoms with van der Waals surface area (Å²) in [5, 5.41) is 2.75. The molecule has 0 amide bonds. The van der Waals surface area contributed by atoms with Gasteiger partial charge in [0.1, 0.15) is 5.69 Å². The Morgan fingerprint density at radius 3 is 2.78 bits per heavy atom.